The smallest absolute Gasteiger partial charge is 0.224 e. The van der Waals surface area contributed by atoms with E-state index in [0.717, 1.165) is 32.3 Å². The summed E-state index contributed by atoms with van der Waals surface area (Å²) in [7, 11) is 0. The molecule has 3 unspecified atom stereocenters. The van der Waals surface area contributed by atoms with E-state index in [1.54, 1.807) is 0 Å². The summed E-state index contributed by atoms with van der Waals surface area (Å²) >= 11 is 0. The van der Waals surface area contributed by atoms with Crippen molar-refractivity contribution in [3.8, 4) is 0 Å². The lowest BCUT2D eigenvalue weighted by Gasteiger charge is -2.31. The molecule has 4 nitrogen and oxygen atoms in total. The Morgan fingerprint density at radius 2 is 2.24 bits per heavy atom. The second-order valence-electron chi connectivity index (χ2n) is 5.03. The maximum atomic E-state index is 12.0. The highest BCUT2D eigenvalue weighted by molar-refractivity contribution is 5.79. The summed E-state index contributed by atoms with van der Waals surface area (Å²) in [5.74, 6) is 0.750. The third-order valence-corrected chi connectivity index (χ3v) is 3.47. The van der Waals surface area contributed by atoms with Crippen molar-refractivity contribution in [3.63, 3.8) is 0 Å². The summed E-state index contributed by atoms with van der Waals surface area (Å²) in [4.78, 5) is 12.0. The summed E-state index contributed by atoms with van der Waals surface area (Å²) in [6.07, 6.45) is 3.92. The molecule has 1 amide bonds. The molecule has 0 aromatic heterocycles. The summed E-state index contributed by atoms with van der Waals surface area (Å²) in [5.41, 5.74) is 6.01. The van der Waals surface area contributed by atoms with E-state index in [9.17, 15) is 4.79 Å². The number of nitrogens with one attached hydrogen (secondary N) is 1. The number of hydrogen-bond donors (Lipinski definition) is 2. The number of ether oxygens (including phenoxy) is 1. The van der Waals surface area contributed by atoms with Gasteiger partial charge in [-0.05, 0) is 38.5 Å². The van der Waals surface area contributed by atoms with Crippen LogP contribution in [0, 0.1) is 11.8 Å². The molecule has 1 aliphatic carbocycles. The van der Waals surface area contributed by atoms with Crippen LogP contribution >= 0.6 is 0 Å². The van der Waals surface area contributed by atoms with Gasteiger partial charge in [0.1, 0.15) is 0 Å². The molecule has 0 aromatic rings. The molecule has 3 atom stereocenters. The van der Waals surface area contributed by atoms with Crippen LogP contribution in [0.1, 0.15) is 39.5 Å². The highest BCUT2D eigenvalue weighted by Gasteiger charge is 2.31. The number of amides is 1. The number of carbonyl (C=O) groups excluding carboxylic acids is 1. The molecule has 1 aliphatic rings. The van der Waals surface area contributed by atoms with Crippen molar-refractivity contribution in [3.05, 3.63) is 0 Å². The van der Waals surface area contributed by atoms with Crippen LogP contribution in [-0.2, 0) is 9.53 Å². The van der Waals surface area contributed by atoms with E-state index < -0.39 is 0 Å². The zero-order chi connectivity index (χ0) is 12.7. The van der Waals surface area contributed by atoms with Crippen molar-refractivity contribution in [2.24, 2.45) is 17.6 Å². The van der Waals surface area contributed by atoms with Crippen LogP contribution in [0.4, 0.5) is 0 Å². The van der Waals surface area contributed by atoms with Crippen molar-refractivity contribution in [2.75, 3.05) is 19.8 Å². The van der Waals surface area contributed by atoms with Gasteiger partial charge in [-0.15, -0.1) is 0 Å². The van der Waals surface area contributed by atoms with Crippen LogP contribution in [0.15, 0.2) is 0 Å². The van der Waals surface area contributed by atoms with Crippen molar-refractivity contribution >= 4 is 5.91 Å². The third-order valence-electron chi connectivity index (χ3n) is 3.47. The largest absolute Gasteiger partial charge is 0.382 e. The molecule has 0 bridgehead atoms. The fraction of sp³-hybridized carbons (Fsp3) is 0.923. The minimum absolute atomic E-state index is 0.00541. The van der Waals surface area contributed by atoms with Gasteiger partial charge in [-0.1, -0.05) is 6.92 Å². The van der Waals surface area contributed by atoms with Crippen molar-refractivity contribution < 1.29 is 9.53 Å². The molecule has 0 aliphatic heterocycles. The van der Waals surface area contributed by atoms with Crippen LogP contribution in [0.2, 0.25) is 0 Å². The zero-order valence-corrected chi connectivity index (χ0v) is 11.1. The Labute approximate surface area is 104 Å². The van der Waals surface area contributed by atoms with E-state index in [2.05, 4.69) is 12.2 Å². The third kappa shape index (κ3) is 5.04. The Morgan fingerprint density at radius 3 is 2.94 bits per heavy atom. The predicted molar refractivity (Wildman–Crippen MR) is 68.6 cm³/mol. The Balaban J connectivity index is 2.21. The molecule has 0 aromatic carbocycles. The maximum Gasteiger partial charge on any atom is 0.224 e. The summed E-state index contributed by atoms with van der Waals surface area (Å²) in [6, 6.07) is 0.0399. The lowest BCUT2D eigenvalue weighted by Crippen LogP contribution is -2.45. The van der Waals surface area contributed by atoms with Gasteiger partial charge in [0.05, 0.1) is 5.92 Å². The number of nitrogens with two attached hydrogens (primary N) is 1. The Morgan fingerprint density at radius 1 is 1.47 bits per heavy atom. The molecule has 17 heavy (non-hydrogen) atoms. The Hall–Kier alpha value is -0.610. The zero-order valence-electron chi connectivity index (χ0n) is 11.1. The molecule has 0 saturated heterocycles. The van der Waals surface area contributed by atoms with E-state index in [1.807, 2.05) is 6.92 Å². The molecule has 1 rings (SSSR count). The van der Waals surface area contributed by atoms with E-state index in [1.165, 1.54) is 0 Å². The maximum absolute atomic E-state index is 12.0. The van der Waals surface area contributed by atoms with E-state index in [-0.39, 0.29) is 17.9 Å². The van der Waals surface area contributed by atoms with Gasteiger partial charge in [-0.25, -0.2) is 0 Å². The standard InChI is InChI=1S/C13H26N2O2/c1-3-17-8-4-7-15-13(16)11-9-10(2)5-6-12(11)14/h10-12H,3-9,14H2,1-2H3,(H,15,16). The minimum Gasteiger partial charge on any atom is -0.382 e. The van der Waals surface area contributed by atoms with Crippen LogP contribution in [0.3, 0.4) is 0 Å². The molecule has 100 valence electrons. The van der Waals surface area contributed by atoms with Crippen molar-refractivity contribution in [1.82, 2.24) is 5.32 Å². The first-order chi connectivity index (χ1) is 8.15. The topological polar surface area (TPSA) is 64.3 Å². The van der Waals surface area contributed by atoms with Gasteiger partial charge in [0.2, 0.25) is 5.91 Å². The average molecular weight is 242 g/mol. The average Bonchev–Trinajstić information content (AvgIpc) is 2.32. The minimum atomic E-state index is 0.00541. The fourth-order valence-electron chi connectivity index (χ4n) is 2.37. The summed E-state index contributed by atoms with van der Waals surface area (Å²) in [5, 5.41) is 2.96. The molecular weight excluding hydrogens is 216 g/mol. The number of hydrogen-bond acceptors (Lipinski definition) is 3. The van der Waals surface area contributed by atoms with E-state index >= 15 is 0 Å². The lowest BCUT2D eigenvalue weighted by atomic mass is 9.79. The van der Waals surface area contributed by atoms with Gasteiger partial charge < -0.3 is 15.8 Å². The number of carbonyl (C=O) groups is 1. The molecule has 3 N–H and O–H groups in total. The fourth-order valence-corrected chi connectivity index (χ4v) is 2.37. The second-order valence-corrected chi connectivity index (χ2v) is 5.03. The first-order valence-corrected chi connectivity index (χ1v) is 6.76. The van der Waals surface area contributed by atoms with Gasteiger partial charge in [-0.2, -0.15) is 0 Å². The van der Waals surface area contributed by atoms with Crippen molar-refractivity contribution in [1.29, 1.82) is 0 Å². The predicted octanol–water partition coefficient (Wildman–Crippen LogP) is 1.29. The van der Waals surface area contributed by atoms with Crippen LogP contribution in [0.25, 0.3) is 0 Å². The van der Waals surface area contributed by atoms with Crippen LogP contribution < -0.4 is 11.1 Å². The van der Waals surface area contributed by atoms with Gasteiger partial charge in [-0.3, -0.25) is 4.79 Å². The van der Waals surface area contributed by atoms with Crippen LogP contribution in [-0.4, -0.2) is 31.7 Å². The molecule has 0 heterocycles. The first-order valence-electron chi connectivity index (χ1n) is 6.76. The summed E-state index contributed by atoms with van der Waals surface area (Å²) in [6.45, 7) is 6.31. The quantitative estimate of drug-likeness (QED) is 0.690. The molecule has 0 radical (unpaired) electrons. The highest BCUT2D eigenvalue weighted by atomic mass is 16.5. The molecule has 4 heteroatoms. The molecule has 1 saturated carbocycles. The molecule has 0 spiro atoms. The van der Waals surface area contributed by atoms with Gasteiger partial charge in [0.25, 0.3) is 0 Å². The Kier molecular flexibility index (Phi) is 6.52. The Bertz CT molecular complexity index is 233. The normalized spacial score (nSPS) is 29.0. The van der Waals surface area contributed by atoms with E-state index in [4.69, 9.17) is 10.5 Å². The number of rotatable bonds is 6. The SMILES string of the molecule is CCOCCCNC(=O)C1CC(C)CCC1N. The van der Waals surface area contributed by atoms with E-state index in [0.29, 0.717) is 19.1 Å². The highest BCUT2D eigenvalue weighted by Crippen LogP contribution is 2.27. The van der Waals surface area contributed by atoms with Crippen LogP contribution in [0.5, 0.6) is 0 Å². The van der Waals surface area contributed by atoms with Gasteiger partial charge >= 0.3 is 0 Å². The second kappa shape index (κ2) is 7.67. The summed E-state index contributed by atoms with van der Waals surface area (Å²) < 4.78 is 5.22. The van der Waals surface area contributed by atoms with Gasteiger partial charge in [0, 0.05) is 25.8 Å². The first kappa shape index (κ1) is 14.5. The lowest BCUT2D eigenvalue weighted by molar-refractivity contribution is -0.127. The molecule has 1 fully saturated rings. The monoisotopic (exact) mass is 242 g/mol. The molecular formula is C13H26N2O2. The van der Waals surface area contributed by atoms with Crippen molar-refractivity contribution in [2.45, 2.75) is 45.6 Å². The van der Waals surface area contributed by atoms with Gasteiger partial charge in [0.15, 0.2) is 0 Å².